The number of phosphoric ester groups is 1. The highest BCUT2D eigenvalue weighted by molar-refractivity contribution is 7.47. The lowest BCUT2D eigenvalue weighted by Gasteiger charge is -2.41. The first-order valence-corrected chi connectivity index (χ1v) is 33.4. The van der Waals surface area contributed by atoms with Crippen LogP contribution in [-0.2, 0) is 27.9 Å². The van der Waals surface area contributed by atoms with Crippen LogP contribution in [0.3, 0.4) is 0 Å². The van der Waals surface area contributed by atoms with E-state index in [1.165, 1.54) is 257 Å². The molecule has 74 heavy (non-hydrogen) atoms. The largest absolute Gasteiger partial charge is 0.472 e. The van der Waals surface area contributed by atoms with Crippen LogP contribution < -0.4 is 0 Å². The highest BCUT2D eigenvalue weighted by Crippen LogP contribution is 2.47. The second kappa shape index (κ2) is 51.8. The quantitative estimate of drug-likeness (QED) is 0.0192. The van der Waals surface area contributed by atoms with Crippen molar-refractivity contribution in [3.63, 3.8) is 0 Å². The number of ether oxygens (including phenoxy) is 2. The molecule has 0 spiro atoms. The monoisotopic (exact) mass is 1080 g/mol. The molecule has 0 bridgehead atoms. The van der Waals surface area contributed by atoms with Gasteiger partial charge in [0.1, 0.15) is 42.7 Å². The minimum atomic E-state index is -5.02. The van der Waals surface area contributed by atoms with Crippen LogP contribution >= 0.6 is 7.82 Å². The lowest BCUT2D eigenvalue weighted by molar-refractivity contribution is -0.220. The Bertz CT molecular complexity index is 1230. The standard InChI is InChI=1S/C61H121O12P/c1-3-5-7-9-11-13-15-17-19-20-21-22-23-24-25-26-27-28-29-30-31-32-33-34-35-36-37-38-40-42-44-46-48-50-55(62)72-54(52-70-51-49-47-45-43-41-39-18-16-14-12-10-8-6-4-2)53-71-74(68,69)73-61-59(66)57(64)56(63)58(65)60(61)67/h54,56-61,63-67H,3-53H2,1-2H3,(H,68,69)/t54-,56?,57-,58?,59?,60?,61?/m1/s1. The molecule has 0 radical (unpaired) electrons. The summed E-state index contributed by atoms with van der Waals surface area (Å²) in [5.41, 5.74) is 0. The van der Waals surface area contributed by atoms with Crippen molar-refractivity contribution in [3.8, 4) is 0 Å². The molecule has 0 saturated heterocycles. The van der Waals surface area contributed by atoms with Crippen molar-refractivity contribution in [2.45, 2.75) is 365 Å². The molecule has 1 saturated carbocycles. The molecule has 6 N–H and O–H groups in total. The van der Waals surface area contributed by atoms with Crippen molar-refractivity contribution < 1.29 is 58.3 Å². The van der Waals surface area contributed by atoms with Gasteiger partial charge in [0.25, 0.3) is 0 Å². The topological polar surface area (TPSA) is 192 Å². The lowest BCUT2D eigenvalue weighted by Crippen LogP contribution is -2.64. The van der Waals surface area contributed by atoms with Gasteiger partial charge in [0, 0.05) is 13.0 Å². The predicted octanol–water partition coefficient (Wildman–Crippen LogP) is 16.0. The molecule has 12 nitrogen and oxygen atoms in total. The summed E-state index contributed by atoms with van der Waals surface area (Å²) in [6.45, 7) is 4.34. The number of rotatable bonds is 57. The van der Waals surface area contributed by atoms with E-state index in [9.17, 15) is 39.8 Å². The number of esters is 1. The molecule has 0 aromatic carbocycles. The maximum atomic E-state index is 12.9. The van der Waals surface area contributed by atoms with Crippen molar-refractivity contribution in [1.29, 1.82) is 0 Å². The summed E-state index contributed by atoms with van der Waals surface area (Å²) in [5.74, 6) is -0.466. The number of carbonyl (C=O) groups is 1. The fourth-order valence-electron chi connectivity index (χ4n) is 10.5. The van der Waals surface area contributed by atoms with Crippen LogP contribution in [-0.4, -0.2) is 98.9 Å². The first kappa shape index (κ1) is 71.4. The molecule has 1 rings (SSSR count). The molecule has 1 aliphatic rings. The van der Waals surface area contributed by atoms with E-state index in [-0.39, 0.29) is 13.0 Å². The lowest BCUT2D eigenvalue weighted by atomic mass is 9.85. The van der Waals surface area contributed by atoms with Crippen LogP contribution in [0.25, 0.3) is 0 Å². The van der Waals surface area contributed by atoms with Crippen molar-refractivity contribution in [2.24, 2.45) is 0 Å². The van der Waals surface area contributed by atoms with Gasteiger partial charge in [0.15, 0.2) is 0 Å². The average Bonchev–Trinajstić information content (AvgIpc) is 3.39. The van der Waals surface area contributed by atoms with Crippen molar-refractivity contribution in [2.75, 3.05) is 19.8 Å². The third-order valence-corrected chi connectivity index (χ3v) is 16.5. The van der Waals surface area contributed by atoms with E-state index in [2.05, 4.69) is 13.8 Å². The molecule has 13 heteroatoms. The van der Waals surface area contributed by atoms with Crippen molar-refractivity contribution in [1.82, 2.24) is 0 Å². The zero-order valence-corrected chi connectivity index (χ0v) is 49.1. The molecular formula is C61H121O12P. The van der Waals surface area contributed by atoms with Crippen LogP contribution in [0.15, 0.2) is 0 Å². The van der Waals surface area contributed by atoms with E-state index in [4.69, 9.17) is 18.5 Å². The molecule has 0 aliphatic heterocycles. The molecule has 0 amide bonds. The maximum absolute atomic E-state index is 12.9. The van der Waals surface area contributed by atoms with Gasteiger partial charge in [-0.05, 0) is 12.8 Å². The average molecular weight is 1080 g/mol. The van der Waals surface area contributed by atoms with E-state index in [1.807, 2.05) is 0 Å². The summed E-state index contributed by atoms with van der Waals surface area (Å²) in [6.07, 6.45) is 49.3. The van der Waals surface area contributed by atoms with Crippen LogP contribution in [0.2, 0.25) is 0 Å². The van der Waals surface area contributed by atoms with Crippen LogP contribution in [0, 0.1) is 0 Å². The number of carbonyl (C=O) groups excluding carboxylic acids is 1. The van der Waals surface area contributed by atoms with Crippen LogP contribution in [0.5, 0.6) is 0 Å². The first-order valence-electron chi connectivity index (χ1n) is 31.9. The Morgan fingerprint density at radius 3 is 0.932 bits per heavy atom. The van der Waals surface area contributed by atoms with E-state index >= 15 is 0 Å². The minimum Gasteiger partial charge on any atom is -0.457 e. The van der Waals surface area contributed by atoms with Crippen molar-refractivity contribution in [3.05, 3.63) is 0 Å². The number of hydrogen-bond acceptors (Lipinski definition) is 11. The summed E-state index contributed by atoms with van der Waals surface area (Å²) in [6, 6.07) is 0. The summed E-state index contributed by atoms with van der Waals surface area (Å²) >= 11 is 0. The Labute approximate surface area is 455 Å². The van der Waals surface area contributed by atoms with E-state index < -0.39 is 63.1 Å². The summed E-state index contributed by atoms with van der Waals surface area (Å²) < 4.78 is 34.4. The fraction of sp³-hybridized carbons (Fsp3) is 0.984. The normalized spacial score (nSPS) is 20.3. The van der Waals surface area contributed by atoms with Gasteiger partial charge in [-0.3, -0.25) is 13.8 Å². The van der Waals surface area contributed by atoms with Gasteiger partial charge in [-0.1, -0.05) is 303 Å². The van der Waals surface area contributed by atoms with Crippen LogP contribution in [0.4, 0.5) is 0 Å². The number of hydrogen-bond donors (Lipinski definition) is 6. The number of unbranched alkanes of at least 4 members (excludes halogenated alkanes) is 45. The fourth-order valence-corrected chi connectivity index (χ4v) is 11.5. The molecule has 442 valence electrons. The molecule has 1 fully saturated rings. The third kappa shape index (κ3) is 42.3. The SMILES string of the molecule is CCCCCCCCCCCCCCCCCCCCCCCCCCCCCCCCCCCC(=O)O[C@H](COCCCCCCCCCCCCCCCC)COP(=O)(O)OC1C(O)C(O)C(O)[C@@H](O)C1O. The molecule has 6 unspecified atom stereocenters. The molecule has 1 aliphatic carbocycles. The third-order valence-electron chi connectivity index (χ3n) is 15.5. The summed E-state index contributed by atoms with van der Waals surface area (Å²) in [4.78, 5) is 23.3. The molecular weight excluding hydrogens is 956 g/mol. The minimum absolute atomic E-state index is 0.0673. The highest BCUT2D eigenvalue weighted by Gasteiger charge is 2.51. The molecule has 8 atom stereocenters. The first-order chi connectivity index (χ1) is 36.0. The van der Waals surface area contributed by atoms with Gasteiger partial charge < -0.3 is 39.9 Å². The Morgan fingerprint density at radius 2 is 0.635 bits per heavy atom. The number of aliphatic hydroxyl groups is 5. The van der Waals surface area contributed by atoms with Gasteiger partial charge in [-0.2, -0.15) is 0 Å². The molecule has 0 aromatic rings. The number of aliphatic hydroxyl groups excluding tert-OH is 5. The van der Waals surface area contributed by atoms with Gasteiger partial charge >= 0.3 is 13.8 Å². The van der Waals surface area contributed by atoms with Gasteiger partial charge in [-0.25, -0.2) is 4.57 Å². The summed E-state index contributed by atoms with van der Waals surface area (Å²) in [5, 5.41) is 50.4. The maximum Gasteiger partial charge on any atom is 0.472 e. The number of phosphoric acid groups is 1. The Kier molecular flexibility index (Phi) is 49.9. The zero-order valence-electron chi connectivity index (χ0n) is 48.2. The Hall–Kier alpha value is -0.660. The Balaban J connectivity index is 2.12. The van der Waals surface area contributed by atoms with E-state index in [0.717, 1.165) is 38.5 Å². The van der Waals surface area contributed by atoms with Gasteiger partial charge in [-0.15, -0.1) is 0 Å². The zero-order chi connectivity index (χ0) is 54.0. The Morgan fingerprint density at radius 1 is 0.378 bits per heavy atom. The second-order valence-electron chi connectivity index (χ2n) is 22.6. The smallest absolute Gasteiger partial charge is 0.457 e. The summed E-state index contributed by atoms with van der Waals surface area (Å²) in [7, 11) is -5.02. The van der Waals surface area contributed by atoms with Gasteiger partial charge in [0.2, 0.25) is 0 Å². The molecule has 0 aromatic heterocycles. The van der Waals surface area contributed by atoms with Crippen molar-refractivity contribution >= 4 is 13.8 Å². The molecule has 0 heterocycles. The van der Waals surface area contributed by atoms with E-state index in [1.54, 1.807) is 0 Å². The van der Waals surface area contributed by atoms with Gasteiger partial charge in [0.05, 0.1) is 13.2 Å². The second-order valence-corrected chi connectivity index (χ2v) is 24.0. The van der Waals surface area contributed by atoms with Crippen LogP contribution in [0.1, 0.15) is 322 Å². The van der Waals surface area contributed by atoms with E-state index in [0.29, 0.717) is 13.0 Å². The predicted molar refractivity (Wildman–Crippen MR) is 304 cm³/mol. The highest BCUT2D eigenvalue weighted by atomic mass is 31.2.